The monoisotopic (exact) mass is 397 g/mol. The van der Waals surface area contributed by atoms with Gasteiger partial charge in [0.05, 0.1) is 33.0 Å². The van der Waals surface area contributed by atoms with Crippen molar-refractivity contribution in [3.63, 3.8) is 0 Å². The summed E-state index contributed by atoms with van der Waals surface area (Å²) in [5, 5.41) is 14.2. The highest BCUT2D eigenvalue weighted by Crippen LogP contribution is 2.40. The average Bonchev–Trinajstić information content (AvgIpc) is 2.73. The molecule has 0 unspecified atom stereocenters. The number of carbonyl (C=O) groups excluding carboxylic acids is 2. The number of ether oxygens (including phenoxy) is 3. The van der Waals surface area contributed by atoms with Crippen LogP contribution >= 0.6 is 0 Å². The molecule has 2 aromatic rings. The number of nitrogens with one attached hydrogen (secondary N) is 2. The molecule has 152 valence electrons. The summed E-state index contributed by atoms with van der Waals surface area (Å²) in [5.41, 5.74) is -0.0253. The van der Waals surface area contributed by atoms with Crippen LogP contribution < -0.4 is 24.8 Å². The molecule has 0 fully saturated rings. The zero-order valence-corrected chi connectivity index (χ0v) is 17.0. The van der Waals surface area contributed by atoms with Gasteiger partial charge in [-0.2, -0.15) is 5.26 Å². The molecule has 0 atom stereocenters. The lowest BCUT2D eigenvalue weighted by atomic mass is 9.90. The Balaban J connectivity index is 2.19. The van der Waals surface area contributed by atoms with Gasteiger partial charge in [-0.25, -0.2) is 0 Å². The molecule has 2 N–H and O–H groups in total. The lowest BCUT2D eigenvalue weighted by Crippen LogP contribution is -2.41. The second-order valence-electron chi connectivity index (χ2n) is 6.64. The number of amides is 2. The first-order valence-corrected chi connectivity index (χ1v) is 8.70. The van der Waals surface area contributed by atoms with Gasteiger partial charge < -0.3 is 24.8 Å². The third-order valence-electron chi connectivity index (χ3n) is 4.33. The van der Waals surface area contributed by atoms with Crippen molar-refractivity contribution >= 4 is 23.2 Å². The summed E-state index contributed by atoms with van der Waals surface area (Å²) >= 11 is 0. The number of rotatable bonds is 7. The Bertz CT molecular complexity index is 921. The van der Waals surface area contributed by atoms with Gasteiger partial charge >= 0.3 is 0 Å². The summed E-state index contributed by atoms with van der Waals surface area (Å²) in [5.74, 6) is 0.139. The van der Waals surface area contributed by atoms with E-state index in [1.54, 1.807) is 36.4 Å². The SMILES string of the molecule is COc1cc(NC(=O)C(C)(C)C(=O)Nc2ccc(C#N)cc2)cc(OC)c1OC. The maximum atomic E-state index is 12.8. The lowest BCUT2D eigenvalue weighted by Gasteiger charge is -2.23. The van der Waals surface area contributed by atoms with Crippen LogP contribution in [0.15, 0.2) is 36.4 Å². The minimum Gasteiger partial charge on any atom is -0.493 e. The average molecular weight is 397 g/mol. The number of carbonyl (C=O) groups is 2. The molecule has 0 saturated heterocycles. The Hall–Kier alpha value is -3.73. The molecular weight excluding hydrogens is 374 g/mol. The fraction of sp³-hybridized carbons (Fsp3) is 0.286. The van der Waals surface area contributed by atoms with E-state index in [2.05, 4.69) is 10.6 Å². The molecule has 29 heavy (non-hydrogen) atoms. The zero-order valence-electron chi connectivity index (χ0n) is 17.0. The van der Waals surface area contributed by atoms with E-state index in [1.807, 2.05) is 6.07 Å². The molecule has 0 heterocycles. The Morgan fingerprint density at radius 2 is 1.34 bits per heavy atom. The van der Waals surface area contributed by atoms with E-state index >= 15 is 0 Å². The van der Waals surface area contributed by atoms with E-state index in [-0.39, 0.29) is 0 Å². The third kappa shape index (κ3) is 4.76. The topological polar surface area (TPSA) is 110 Å². The number of hydrogen-bond donors (Lipinski definition) is 2. The molecule has 2 aromatic carbocycles. The van der Waals surface area contributed by atoms with Crippen LogP contribution in [0.3, 0.4) is 0 Å². The molecule has 8 nitrogen and oxygen atoms in total. The van der Waals surface area contributed by atoms with Crippen molar-refractivity contribution in [3.05, 3.63) is 42.0 Å². The van der Waals surface area contributed by atoms with Crippen LogP contribution in [0.25, 0.3) is 0 Å². The summed E-state index contributed by atoms with van der Waals surface area (Å²) in [4.78, 5) is 25.5. The minimum absolute atomic E-state index is 0.377. The molecule has 0 aliphatic carbocycles. The van der Waals surface area contributed by atoms with Gasteiger partial charge in [-0.15, -0.1) is 0 Å². The number of nitriles is 1. The van der Waals surface area contributed by atoms with E-state index in [0.29, 0.717) is 34.2 Å². The fourth-order valence-corrected chi connectivity index (χ4v) is 2.46. The van der Waals surface area contributed by atoms with Crippen LogP contribution in [-0.4, -0.2) is 33.1 Å². The van der Waals surface area contributed by atoms with Crippen molar-refractivity contribution in [1.82, 2.24) is 0 Å². The fourth-order valence-electron chi connectivity index (χ4n) is 2.46. The molecule has 2 rings (SSSR count). The molecule has 0 saturated carbocycles. The first-order valence-electron chi connectivity index (χ1n) is 8.70. The van der Waals surface area contributed by atoms with E-state index in [0.717, 1.165) is 0 Å². The molecular formula is C21H23N3O5. The van der Waals surface area contributed by atoms with Crippen molar-refractivity contribution in [2.75, 3.05) is 32.0 Å². The van der Waals surface area contributed by atoms with Crippen LogP contribution in [0.1, 0.15) is 19.4 Å². The van der Waals surface area contributed by atoms with Crippen molar-refractivity contribution in [2.45, 2.75) is 13.8 Å². The molecule has 0 aliphatic rings. The van der Waals surface area contributed by atoms with Crippen LogP contribution in [0.2, 0.25) is 0 Å². The van der Waals surface area contributed by atoms with E-state index in [1.165, 1.54) is 35.2 Å². The number of methoxy groups -OCH3 is 3. The predicted octanol–water partition coefficient (Wildman–Crippen LogP) is 3.19. The molecule has 0 aromatic heterocycles. The van der Waals surface area contributed by atoms with Crippen molar-refractivity contribution in [1.29, 1.82) is 5.26 Å². The van der Waals surface area contributed by atoms with Gasteiger partial charge in [-0.05, 0) is 38.1 Å². The van der Waals surface area contributed by atoms with Gasteiger partial charge in [0.2, 0.25) is 17.6 Å². The van der Waals surface area contributed by atoms with E-state index in [4.69, 9.17) is 19.5 Å². The summed E-state index contributed by atoms with van der Waals surface area (Å²) in [6.45, 7) is 3.03. The summed E-state index contributed by atoms with van der Waals surface area (Å²) in [6, 6.07) is 11.5. The quantitative estimate of drug-likeness (QED) is 0.695. The molecule has 0 aliphatic heterocycles. The molecule has 0 spiro atoms. The number of nitrogens with zero attached hydrogens (tertiary/aromatic N) is 1. The summed E-state index contributed by atoms with van der Waals surface area (Å²) in [6.07, 6.45) is 0. The highest BCUT2D eigenvalue weighted by atomic mass is 16.5. The molecule has 8 heteroatoms. The van der Waals surface area contributed by atoms with Gasteiger partial charge in [0, 0.05) is 23.5 Å². The first-order chi connectivity index (χ1) is 13.8. The number of hydrogen-bond acceptors (Lipinski definition) is 6. The van der Waals surface area contributed by atoms with Gasteiger partial charge in [0.15, 0.2) is 11.5 Å². The lowest BCUT2D eigenvalue weighted by molar-refractivity contribution is -0.135. The van der Waals surface area contributed by atoms with Crippen molar-refractivity contribution < 1.29 is 23.8 Å². The molecule has 2 amide bonds. The second kappa shape index (κ2) is 8.97. The van der Waals surface area contributed by atoms with Crippen LogP contribution in [0.5, 0.6) is 17.2 Å². The standard InChI is InChI=1S/C21H23N3O5/c1-21(2,19(25)23-14-8-6-13(12-22)7-9-14)20(26)24-15-10-16(27-3)18(29-5)17(11-15)28-4/h6-11H,1-5H3,(H,23,25)(H,24,26). The van der Waals surface area contributed by atoms with Crippen LogP contribution in [0, 0.1) is 16.7 Å². The smallest absolute Gasteiger partial charge is 0.239 e. The Kier molecular flexibility index (Phi) is 6.67. The van der Waals surface area contributed by atoms with Crippen molar-refractivity contribution in [2.24, 2.45) is 5.41 Å². The summed E-state index contributed by atoms with van der Waals surface area (Å²) < 4.78 is 15.8. The Labute approximate surface area is 169 Å². The Morgan fingerprint density at radius 3 is 1.76 bits per heavy atom. The third-order valence-corrected chi connectivity index (χ3v) is 4.33. The van der Waals surface area contributed by atoms with E-state index in [9.17, 15) is 9.59 Å². The predicted molar refractivity (Wildman–Crippen MR) is 108 cm³/mol. The molecule has 0 bridgehead atoms. The Morgan fingerprint density at radius 1 is 0.862 bits per heavy atom. The maximum Gasteiger partial charge on any atom is 0.239 e. The minimum atomic E-state index is -1.38. The van der Waals surface area contributed by atoms with Crippen LogP contribution in [0.4, 0.5) is 11.4 Å². The van der Waals surface area contributed by atoms with Gasteiger partial charge in [-0.1, -0.05) is 0 Å². The zero-order chi connectivity index (χ0) is 21.6. The first kappa shape index (κ1) is 21.6. The van der Waals surface area contributed by atoms with Gasteiger partial charge in [0.1, 0.15) is 5.41 Å². The normalized spacial score (nSPS) is 10.5. The number of benzene rings is 2. The van der Waals surface area contributed by atoms with Crippen molar-refractivity contribution in [3.8, 4) is 23.3 Å². The van der Waals surface area contributed by atoms with Gasteiger partial charge in [0.25, 0.3) is 0 Å². The highest BCUT2D eigenvalue weighted by Gasteiger charge is 2.36. The molecule has 0 radical (unpaired) electrons. The van der Waals surface area contributed by atoms with Gasteiger partial charge in [-0.3, -0.25) is 9.59 Å². The number of anilines is 2. The van der Waals surface area contributed by atoms with Crippen LogP contribution in [-0.2, 0) is 9.59 Å². The highest BCUT2D eigenvalue weighted by molar-refractivity contribution is 6.14. The maximum absolute atomic E-state index is 12.8. The summed E-state index contributed by atoms with van der Waals surface area (Å²) in [7, 11) is 4.42. The second-order valence-corrected chi connectivity index (χ2v) is 6.64. The van der Waals surface area contributed by atoms with E-state index < -0.39 is 17.2 Å². The largest absolute Gasteiger partial charge is 0.493 e.